The smallest absolute Gasteiger partial charge is 0.310 e. The van der Waals surface area contributed by atoms with Crippen LogP contribution in [0.5, 0.6) is 0 Å². The van der Waals surface area contributed by atoms with Gasteiger partial charge in [-0.3, -0.25) is 9.59 Å². The van der Waals surface area contributed by atoms with Crippen LogP contribution in [0.4, 0.5) is 0 Å². The number of carbonyl (C=O) groups excluding carboxylic acids is 2. The number of benzene rings is 2. The zero-order chi connectivity index (χ0) is 25.3. The average Bonchev–Trinajstić information content (AvgIpc) is 3.33. The van der Waals surface area contributed by atoms with E-state index in [1.165, 1.54) is 12.7 Å². The van der Waals surface area contributed by atoms with Crippen molar-refractivity contribution >= 4 is 11.9 Å². The summed E-state index contributed by atoms with van der Waals surface area (Å²) in [5.74, 6) is -0.610. The van der Waals surface area contributed by atoms with E-state index >= 15 is 0 Å². The van der Waals surface area contributed by atoms with Gasteiger partial charge in [-0.15, -0.1) is 0 Å². The molecule has 2 aromatic carbocycles. The Labute approximate surface area is 211 Å². The summed E-state index contributed by atoms with van der Waals surface area (Å²) in [4.78, 5) is 31.8. The molecule has 36 heavy (non-hydrogen) atoms. The molecular weight excluding hydrogens is 454 g/mol. The second kappa shape index (κ2) is 12.1. The first-order chi connectivity index (χ1) is 17.5. The lowest BCUT2D eigenvalue weighted by Gasteiger charge is -2.37. The molecule has 0 aliphatic carbocycles. The number of hydrogen-bond acceptors (Lipinski definition) is 6. The van der Waals surface area contributed by atoms with Gasteiger partial charge in [-0.2, -0.15) is 5.26 Å². The first kappa shape index (κ1) is 25.1. The SMILES string of the molecule is COC(=O)[C@@H]1C[C@H](NC(=O)Cc2cncn2Cc2ccc(C#N)cc2)CN(CCc2ccccc2)C1. The fraction of sp³-hybridized carbons (Fsp3) is 0.357. The van der Waals surface area contributed by atoms with Crippen LogP contribution < -0.4 is 5.32 Å². The van der Waals surface area contributed by atoms with Crippen molar-refractivity contribution in [3.63, 3.8) is 0 Å². The van der Waals surface area contributed by atoms with Gasteiger partial charge in [-0.05, 0) is 36.1 Å². The van der Waals surface area contributed by atoms with Gasteiger partial charge in [0.1, 0.15) is 0 Å². The molecule has 2 heterocycles. The Morgan fingerprint density at radius 2 is 1.89 bits per heavy atom. The minimum atomic E-state index is -0.272. The van der Waals surface area contributed by atoms with Gasteiger partial charge in [-0.25, -0.2) is 4.98 Å². The fourth-order valence-electron chi connectivity index (χ4n) is 4.71. The lowest BCUT2D eigenvalue weighted by molar-refractivity contribution is -0.148. The third-order valence-corrected chi connectivity index (χ3v) is 6.56. The first-order valence-electron chi connectivity index (χ1n) is 12.2. The Bertz CT molecular complexity index is 1200. The Morgan fingerprint density at radius 1 is 1.11 bits per heavy atom. The molecule has 0 saturated carbocycles. The maximum atomic E-state index is 13.0. The van der Waals surface area contributed by atoms with Crippen LogP contribution in [-0.4, -0.2) is 59.1 Å². The number of piperidine rings is 1. The van der Waals surface area contributed by atoms with Gasteiger partial charge in [0.2, 0.25) is 5.91 Å². The van der Waals surface area contributed by atoms with E-state index in [-0.39, 0.29) is 30.3 Å². The third-order valence-electron chi connectivity index (χ3n) is 6.56. The molecule has 1 fully saturated rings. The summed E-state index contributed by atoms with van der Waals surface area (Å²) in [6.45, 7) is 2.69. The average molecular weight is 486 g/mol. The lowest BCUT2D eigenvalue weighted by Crippen LogP contribution is -2.53. The minimum Gasteiger partial charge on any atom is -0.469 e. The van der Waals surface area contributed by atoms with Crippen molar-refractivity contribution in [1.29, 1.82) is 5.26 Å². The summed E-state index contributed by atoms with van der Waals surface area (Å²) in [5.41, 5.74) is 3.68. The molecule has 1 aliphatic heterocycles. The number of hydrogen-bond donors (Lipinski definition) is 1. The number of aromatic nitrogens is 2. The van der Waals surface area contributed by atoms with Crippen molar-refractivity contribution in [1.82, 2.24) is 19.8 Å². The topological polar surface area (TPSA) is 100 Å². The van der Waals surface area contributed by atoms with Gasteiger partial charge in [0.05, 0.1) is 37.4 Å². The van der Waals surface area contributed by atoms with Gasteiger partial charge in [0, 0.05) is 44.1 Å². The molecule has 1 N–H and O–H groups in total. The summed E-state index contributed by atoms with van der Waals surface area (Å²) in [6.07, 6.45) is 5.04. The zero-order valence-corrected chi connectivity index (χ0v) is 20.5. The number of nitriles is 1. The maximum Gasteiger partial charge on any atom is 0.310 e. The van der Waals surface area contributed by atoms with E-state index in [1.807, 2.05) is 34.9 Å². The quantitative estimate of drug-likeness (QED) is 0.468. The van der Waals surface area contributed by atoms with E-state index in [4.69, 9.17) is 10.00 Å². The van der Waals surface area contributed by atoms with E-state index < -0.39 is 0 Å². The first-order valence-corrected chi connectivity index (χ1v) is 12.2. The number of carbonyl (C=O) groups is 2. The highest BCUT2D eigenvalue weighted by Crippen LogP contribution is 2.19. The molecule has 8 nitrogen and oxygen atoms in total. The summed E-state index contributed by atoms with van der Waals surface area (Å²) in [5, 5.41) is 12.1. The summed E-state index contributed by atoms with van der Waals surface area (Å²) < 4.78 is 6.95. The summed E-state index contributed by atoms with van der Waals surface area (Å²) in [7, 11) is 1.41. The molecule has 4 rings (SSSR count). The molecule has 1 saturated heterocycles. The lowest BCUT2D eigenvalue weighted by atomic mass is 9.93. The number of nitrogens with zero attached hydrogens (tertiary/aromatic N) is 4. The van der Waals surface area contributed by atoms with Gasteiger partial charge in [-0.1, -0.05) is 42.5 Å². The van der Waals surface area contributed by atoms with Crippen molar-refractivity contribution < 1.29 is 14.3 Å². The number of esters is 1. The van der Waals surface area contributed by atoms with Crippen molar-refractivity contribution in [3.8, 4) is 6.07 Å². The van der Waals surface area contributed by atoms with Crippen LogP contribution in [-0.2, 0) is 33.7 Å². The van der Waals surface area contributed by atoms with Crippen molar-refractivity contribution in [3.05, 3.63) is 89.5 Å². The van der Waals surface area contributed by atoms with Crippen LogP contribution in [0, 0.1) is 17.2 Å². The normalized spacial score (nSPS) is 17.8. The summed E-state index contributed by atoms with van der Waals surface area (Å²) in [6, 6.07) is 19.6. The van der Waals surface area contributed by atoms with Gasteiger partial charge in [0.25, 0.3) is 0 Å². The number of nitrogens with one attached hydrogen (secondary N) is 1. The predicted octanol–water partition coefficient (Wildman–Crippen LogP) is 2.57. The largest absolute Gasteiger partial charge is 0.469 e. The summed E-state index contributed by atoms with van der Waals surface area (Å²) >= 11 is 0. The van der Waals surface area contributed by atoms with E-state index in [0.717, 1.165) is 24.2 Å². The molecule has 2 atom stereocenters. The minimum absolute atomic E-state index is 0.102. The highest BCUT2D eigenvalue weighted by Gasteiger charge is 2.33. The van der Waals surface area contributed by atoms with Gasteiger partial charge >= 0.3 is 5.97 Å². The fourth-order valence-corrected chi connectivity index (χ4v) is 4.71. The Kier molecular flexibility index (Phi) is 8.48. The van der Waals surface area contributed by atoms with Crippen LogP contribution in [0.1, 0.15) is 28.8 Å². The van der Waals surface area contributed by atoms with Crippen LogP contribution >= 0.6 is 0 Å². The Morgan fingerprint density at radius 3 is 2.61 bits per heavy atom. The van der Waals surface area contributed by atoms with E-state index in [9.17, 15) is 9.59 Å². The molecule has 0 bridgehead atoms. The van der Waals surface area contributed by atoms with Crippen LogP contribution in [0.3, 0.4) is 0 Å². The van der Waals surface area contributed by atoms with E-state index in [2.05, 4.69) is 33.4 Å². The molecule has 0 unspecified atom stereocenters. The van der Waals surface area contributed by atoms with E-state index in [1.54, 1.807) is 24.7 Å². The number of amides is 1. The number of methoxy groups -OCH3 is 1. The van der Waals surface area contributed by atoms with Crippen molar-refractivity contribution in [2.24, 2.45) is 5.92 Å². The zero-order valence-electron chi connectivity index (χ0n) is 20.5. The Hall–Kier alpha value is -3.96. The maximum absolute atomic E-state index is 13.0. The molecule has 0 radical (unpaired) electrons. The van der Waals surface area contributed by atoms with Crippen LogP contribution in [0.15, 0.2) is 67.1 Å². The molecule has 186 valence electrons. The third kappa shape index (κ3) is 6.80. The second-order valence-electron chi connectivity index (χ2n) is 9.21. The number of imidazole rings is 1. The second-order valence-corrected chi connectivity index (χ2v) is 9.21. The van der Waals surface area contributed by atoms with Gasteiger partial charge < -0.3 is 19.5 Å². The number of ether oxygens (including phenoxy) is 1. The molecule has 1 aliphatic rings. The standard InChI is InChI=1S/C28H31N5O3/c1-36-28(35)24-13-25(19-32(18-24)12-11-21-5-3-2-4-6-21)31-27(34)14-26-16-30-20-33(26)17-23-9-7-22(15-29)8-10-23/h2-10,16,20,24-25H,11-14,17-19H2,1H3,(H,31,34)/t24-,25+/m1/s1. The number of rotatable bonds is 9. The predicted molar refractivity (Wildman–Crippen MR) is 135 cm³/mol. The van der Waals surface area contributed by atoms with Crippen LogP contribution in [0.25, 0.3) is 0 Å². The highest BCUT2D eigenvalue weighted by molar-refractivity contribution is 5.79. The molecule has 0 spiro atoms. The molecular formula is C28H31N5O3. The van der Waals surface area contributed by atoms with Crippen LogP contribution in [0.2, 0.25) is 0 Å². The molecule has 8 heteroatoms. The number of likely N-dealkylation sites (tertiary alicyclic amines) is 1. The monoisotopic (exact) mass is 485 g/mol. The molecule has 1 aromatic heterocycles. The van der Waals surface area contributed by atoms with Gasteiger partial charge in [0.15, 0.2) is 0 Å². The Balaban J connectivity index is 1.36. The van der Waals surface area contributed by atoms with Crippen molar-refractivity contribution in [2.45, 2.75) is 31.8 Å². The van der Waals surface area contributed by atoms with E-state index in [0.29, 0.717) is 31.6 Å². The molecule has 3 aromatic rings. The van der Waals surface area contributed by atoms with Crippen molar-refractivity contribution in [2.75, 3.05) is 26.7 Å². The highest BCUT2D eigenvalue weighted by atomic mass is 16.5. The molecule has 1 amide bonds.